The van der Waals surface area contributed by atoms with Crippen molar-refractivity contribution < 1.29 is 52.0 Å². The number of halogens is 3. The highest BCUT2D eigenvalue weighted by atomic mass is 32.1. The number of benzene rings is 3. The Balaban J connectivity index is 0.788. The third kappa shape index (κ3) is 12.2. The zero-order valence-electron chi connectivity index (χ0n) is 43.1. The number of carbonyl (C=O) groups is 3. The number of thiocarbonyl (C=S) groups is 1. The van der Waals surface area contributed by atoms with Gasteiger partial charge in [0.05, 0.1) is 63.3 Å². The van der Waals surface area contributed by atoms with Gasteiger partial charge >= 0.3 is 6.18 Å². The first-order chi connectivity index (χ1) is 35.9. The Morgan fingerprint density at radius 1 is 0.908 bits per heavy atom. The van der Waals surface area contributed by atoms with Crippen molar-refractivity contribution in [3.8, 4) is 33.9 Å². The van der Waals surface area contributed by atoms with E-state index in [9.17, 15) is 43.0 Å². The molecule has 2 aromatic heterocycles. The number of aromatic nitrogens is 2. The molecule has 402 valence electrons. The summed E-state index contributed by atoms with van der Waals surface area (Å²) in [6.07, 6.45) is -2.95. The Bertz CT molecular complexity index is 2960. The molecular formula is C55H61F3N8O8S2. The molecule has 5 aromatic rings. The number of aryl methyl sites for hydroxylation is 1. The van der Waals surface area contributed by atoms with Gasteiger partial charge in [0.15, 0.2) is 17.9 Å². The van der Waals surface area contributed by atoms with Crippen molar-refractivity contribution >= 4 is 57.8 Å². The molecule has 0 bridgehead atoms. The molecule has 16 nitrogen and oxygen atoms in total. The lowest BCUT2D eigenvalue weighted by Gasteiger charge is -2.35. The number of ether oxygens (including phenoxy) is 3. The Kier molecular flexibility index (Phi) is 16.3. The van der Waals surface area contributed by atoms with Crippen LogP contribution in [0.15, 0.2) is 90.6 Å². The topological polar surface area (TPSA) is 203 Å². The largest absolute Gasteiger partial charge is 0.490 e. The van der Waals surface area contributed by atoms with E-state index < -0.39 is 77.0 Å². The maximum Gasteiger partial charge on any atom is 0.417 e. The minimum atomic E-state index is -4.78. The predicted octanol–water partition coefficient (Wildman–Crippen LogP) is 8.63. The number of nitrogens with one attached hydrogen (secondary N) is 2. The summed E-state index contributed by atoms with van der Waals surface area (Å²) < 4.78 is 59.7. The van der Waals surface area contributed by atoms with E-state index in [2.05, 4.69) is 20.6 Å². The van der Waals surface area contributed by atoms with Gasteiger partial charge in [0.25, 0.3) is 5.91 Å². The van der Waals surface area contributed by atoms with Crippen LogP contribution in [-0.2, 0) is 20.6 Å². The van der Waals surface area contributed by atoms with Gasteiger partial charge in [-0.1, -0.05) is 45.0 Å². The first kappa shape index (κ1) is 55.4. The second-order valence-corrected chi connectivity index (χ2v) is 22.2. The first-order valence-corrected chi connectivity index (χ1v) is 26.3. The van der Waals surface area contributed by atoms with Crippen molar-refractivity contribution in [3.63, 3.8) is 0 Å². The van der Waals surface area contributed by atoms with Gasteiger partial charge < -0.3 is 44.9 Å². The van der Waals surface area contributed by atoms with Crippen molar-refractivity contribution in [3.05, 3.63) is 113 Å². The maximum absolute atomic E-state index is 14.2. The fourth-order valence-electron chi connectivity index (χ4n) is 9.79. The SMILES string of the molecule is Cc1ncsc1-c1ccc([C@H](C)NC(=O)[C@@H]2C[C@@H](O)CN2C(=O)[C@@H](NC(=O)COc2ccc(OC3CCC(Oc4ccc(N5C(=S)N(c6ccc(C#N)c(C(F)(F)F)c6)C(O)C5(C)C)cc4)CC3)nc2)C(C)(C)C)cc1. The third-order valence-corrected chi connectivity index (χ3v) is 15.4. The fraction of sp³-hybridized carbons (Fsp3) is 0.436. The summed E-state index contributed by atoms with van der Waals surface area (Å²) in [4.78, 5) is 55.3. The second kappa shape index (κ2) is 22.4. The molecule has 1 aliphatic carbocycles. The van der Waals surface area contributed by atoms with Crippen LogP contribution < -0.4 is 34.6 Å². The Morgan fingerprint density at radius 3 is 2.14 bits per heavy atom. The summed E-state index contributed by atoms with van der Waals surface area (Å²) in [7, 11) is 0. The number of aliphatic hydroxyl groups excluding tert-OH is 2. The van der Waals surface area contributed by atoms with Crippen LogP contribution >= 0.6 is 23.6 Å². The number of hydrogen-bond donors (Lipinski definition) is 4. The quantitative estimate of drug-likeness (QED) is 0.0726. The molecular weight excluding hydrogens is 1020 g/mol. The van der Waals surface area contributed by atoms with Gasteiger partial charge in [-0.25, -0.2) is 9.97 Å². The Morgan fingerprint density at radius 2 is 1.55 bits per heavy atom. The van der Waals surface area contributed by atoms with Crippen LogP contribution in [0, 0.1) is 23.7 Å². The molecule has 4 heterocycles. The highest BCUT2D eigenvalue weighted by Crippen LogP contribution is 2.42. The standard InChI is InChI=1S/C55H61F3N8O8S2/c1-31(33-8-10-34(11-9-33)47-32(2)61-30-76-47)62-49(69)44-25-38(67)28-64(44)50(70)48(53(3,4)5)63-45(68)29-72-42-22-23-46(60-27-42)74-41-20-18-40(19-21-41)73-39-16-14-36(15-17-39)66-52(75)65(51(71)54(66,6)7)37-13-12-35(26-59)43(24-37)55(56,57)58/h8-17,22-24,27,30-31,38,40-41,44,48,51,67,71H,18-21,25,28-29H2,1-7H3,(H,62,69)(H,63,68)/t31-,38+,40?,41?,44-,48+,51?/m0/s1. The summed E-state index contributed by atoms with van der Waals surface area (Å²) in [5, 5.41) is 37.2. The summed E-state index contributed by atoms with van der Waals surface area (Å²) >= 11 is 7.29. The lowest BCUT2D eigenvalue weighted by atomic mass is 9.85. The zero-order chi connectivity index (χ0) is 54.9. The molecule has 1 saturated carbocycles. The molecule has 3 fully saturated rings. The second-order valence-electron chi connectivity index (χ2n) is 21.0. The number of nitriles is 1. The third-order valence-electron chi connectivity index (χ3n) is 14.0. The monoisotopic (exact) mass is 1080 g/mol. The van der Waals surface area contributed by atoms with E-state index in [1.54, 1.807) is 78.1 Å². The lowest BCUT2D eigenvalue weighted by Crippen LogP contribution is -2.58. The normalized spacial score (nSPS) is 21.4. The van der Waals surface area contributed by atoms with Gasteiger partial charge in [-0.15, -0.1) is 11.3 Å². The van der Waals surface area contributed by atoms with Gasteiger partial charge in [-0.3, -0.25) is 19.3 Å². The molecule has 2 saturated heterocycles. The molecule has 3 aliphatic rings. The first-order valence-electron chi connectivity index (χ1n) is 25.0. The molecule has 0 spiro atoms. The summed E-state index contributed by atoms with van der Waals surface area (Å²) in [6.45, 7) is 12.2. The van der Waals surface area contributed by atoms with E-state index in [0.717, 1.165) is 33.8 Å². The number of pyridine rings is 1. The molecule has 5 atom stereocenters. The minimum absolute atomic E-state index is 0.00748. The number of nitrogens with zero attached hydrogens (tertiary/aromatic N) is 6. The van der Waals surface area contributed by atoms with E-state index in [0.29, 0.717) is 48.7 Å². The Hall–Kier alpha value is -6.86. The number of aliphatic hydroxyl groups is 2. The molecule has 76 heavy (non-hydrogen) atoms. The number of rotatable bonds is 15. The molecule has 0 radical (unpaired) electrons. The molecule has 3 aromatic carbocycles. The van der Waals surface area contributed by atoms with Crippen LogP contribution in [-0.4, -0.2) is 103 Å². The van der Waals surface area contributed by atoms with Crippen LogP contribution in [0.3, 0.4) is 0 Å². The minimum Gasteiger partial charge on any atom is -0.490 e. The van der Waals surface area contributed by atoms with Crippen LogP contribution in [0.1, 0.15) is 102 Å². The van der Waals surface area contributed by atoms with Crippen molar-refractivity contribution in [1.82, 2.24) is 25.5 Å². The van der Waals surface area contributed by atoms with Gasteiger partial charge in [-0.05, 0) is 131 Å². The Labute approximate surface area is 448 Å². The number of thiazole rings is 1. The zero-order valence-corrected chi connectivity index (χ0v) is 44.8. The number of alkyl halides is 3. The molecule has 2 aliphatic heterocycles. The average Bonchev–Trinajstić information content (AvgIpc) is 4.08. The molecule has 8 rings (SSSR count). The van der Waals surface area contributed by atoms with Crippen LogP contribution in [0.5, 0.6) is 17.4 Å². The molecule has 4 N–H and O–H groups in total. The van der Waals surface area contributed by atoms with Crippen LogP contribution in [0.2, 0.25) is 0 Å². The van der Waals surface area contributed by atoms with E-state index >= 15 is 0 Å². The average molecular weight is 1080 g/mol. The van der Waals surface area contributed by atoms with Crippen molar-refractivity contribution in [2.75, 3.05) is 23.0 Å². The van der Waals surface area contributed by atoms with E-state index in [1.165, 1.54) is 22.1 Å². The number of β-amino-alcohol motifs (C(OH)–C–C–N with tert-alkyl or cyclic N) is 1. The predicted molar refractivity (Wildman–Crippen MR) is 284 cm³/mol. The van der Waals surface area contributed by atoms with Gasteiger partial charge in [-0.2, -0.15) is 18.4 Å². The van der Waals surface area contributed by atoms with Crippen molar-refractivity contribution in [1.29, 1.82) is 5.26 Å². The van der Waals surface area contributed by atoms with E-state index in [-0.39, 0.29) is 42.0 Å². The summed E-state index contributed by atoms with van der Waals surface area (Å²) in [5.74, 6) is -0.164. The van der Waals surface area contributed by atoms with E-state index in [4.69, 9.17) is 26.4 Å². The number of amides is 3. The van der Waals surface area contributed by atoms with Gasteiger partial charge in [0.1, 0.15) is 29.7 Å². The maximum atomic E-state index is 14.2. The molecule has 1 unspecified atom stereocenters. The van der Waals surface area contributed by atoms with E-state index in [1.807, 2.05) is 58.9 Å². The molecule has 21 heteroatoms. The highest BCUT2D eigenvalue weighted by molar-refractivity contribution is 7.80. The number of likely N-dealkylation sites (tertiary alicyclic amines) is 1. The van der Waals surface area contributed by atoms with Gasteiger partial charge in [0.2, 0.25) is 17.7 Å². The van der Waals surface area contributed by atoms with Crippen LogP contribution in [0.4, 0.5) is 24.5 Å². The molecule has 3 amide bonds. The number of carbonyl (C=O) groups excluding carboxylic acids is 3. The summed E-state index contributed by atoms with van der Waals surface area (Å²) in [6, 6.07) is 20.7. The smallest absolute Gasteiger partial charge is 0.417 e. The fourth-order valence-corrected chi connectivity index (χ4v) is 11.2. The highest BCUT2D eigenvalue weighted by Gasteiger charge is 2.51. The van der Waals surface area contributed by atoms with Crippen molar-refractivity contribution in [2.24, 2.45) is 5.41 Å². The number of anilines is 2. The van der Waals surface area contributed by atoms with Gasteiger partial charge in [0, 0.05) is 30.4 Å². The summed E-state index contributed by atoms with van der Waals surface area (Å²) in [5.41, 5.74) is 1.80. The van der Waals surface area contributed by atoms with Crippen molar-refractivity contribution in [2.45, 2.75) is 135 Å². The number of hydrogen-bond acceptors (Lipinski definition) is 13. The van der Waals surface area contributed by atoms with Crippen LogP contribution in [0.25, 0.3) is 10.4 Å². The lowest BCUT2D eigenvalue weighted by molar-refractivity contribution is -0.144.